The molecule has 0 bridgehead atoms. The molecule has 26 heavy (non-hydrogen) atoms. The summed E-state index contributed by atoms with van der Waals surface area (Å²) in [4.78, 5) is 37.1. The third-order valence-electron chi connectivity index (χ3n) is 3.38. The maximum atomic E-state index is 12.4. The first kappa shape index (κ1) is 24.4. The molecule has 0 aliphatic rings. The number of rotatable bonds is 16. The minimum atomic E-state index is -1.29. The molecule has 0 saturated heterocycles. The molecule has 0 heterocycles. The maximum Gasteiger partial charge on any atom is 0.326 e. The van der Waals surface area contributed by atoms with Crippen molar-refractivity contribution < 1.29 is 38.4 Å². The second kappa shape index (κ2) is 15.6. The van der Waals surface area contributed by atoms with E-state index in [0.29, 0.717) is 24.3 Å². The van der Waals surface area contributed by atoms with Crippen LogP contribution >= 0.6 is 0 Å². The second-order valence-corrected chi connectivity index (χ2v) is 5.39. The van der Waals surface area contributed by atoms with Gasteiger partial charge in [-0.2, -0.15) is 0 Å². The number of carboxylic acid groups (broad SMARTS) is 1. The summed E-state index contributed by atoms with van der Waals surface area (Å²) < 4.78 is 19.9. The summed E-state index contributed by atoms with van der Waals surface area (Å²) in [5.74, 6) is -2.74. The highest BCUT2D eigenvalue weighted by Crippen LogP contribution is 2.11. The molecule has 1 unspecified atom stereocenters. The molecule has 1 atom stereocenters. The Balaban J connectivity index is 4.99. The summed E-state index contributed by atoms with van der Waals surface area (Å²) in [6.45, 7) is 0.412. The zero-order valence-electron chi connectivity index (χ0n) is 15.5. The first-order valence-corrected chi connectivity index (χ1v) is 8.40. The van der Waals surface area contributed by atoms with E-state index in [1.54, 1.807) is 0 Å². The Morgan fingerprint density at radius 3 is 1.81 bits per heavy atom. The SMILES string of the molecule is COCCOCC(=O)N(C(=O)COCCOC)C(CCCCN)C(=O)O. The molecule has 0 spiro atoms. The molecule has 0 aliphatic heterocycles. The van der Waals surface area contributed by atoms with Gasteiger partial charge >= 0.3 is 5.97 Å². The lowest BCUT2D eigenvalue weighted by molar-refractivity contribution is -0.162. The fraction of sp³-hybridized carbons (Fsp3) is 0.812. The summed E-state index contributed by atoms with van der Waals surface area (Å²) in [5, 5.41) is 9.46. The van der Waals surface area contributed by atoms with Gasteiger partial charge in [-0.3, -0.25) is 14.5 Å². The predicted octanol–water partition coefficient (Wildman–Crippen LogP) is -0.750. The van der Waals surface area contributed by atoms with Crippen LogP contribution < -0.4 is 5.73 Å². The highest BCUT2D eigenvalue weighted by molar-refractivity contribution is 6.00. The molecule has 10 heteroatoms. The average molecular weight is 378 g/mol. The van der Waals surface area contributed by atoms with Crippen LogP contribution in [0.3, 0.4) is 0 Å². The van der Waals surface area contributed by atoms with Crippen LogP contribution in [0.2, 0.25) is 0 Å². The number of nitrogens with zero attached hydrogens (tertiary/aromatic N) is 1. The summed E-state index contributed by atoms with van der Waals surface area (Å²) in [6, 6.07) is -1.29. The van der Waals surface area contributed by atoms with E-state index < -0.39 is 37.0 Å². The van der Waals surface area contributed by atoms with Gasteiger partial charge in [-0.1, -0.05) is 0 Å². The van der Waals surface area contributed by atoms with Gasteiger partial charge in [-0.15, -0.1) is 0 Å². The van der Waals surface area contributed by atoms with Gasteiger partial charge in [-0.05, 0) is 25.8 Å². The van der Waals surface area contributed by atoms with E-state index in [4.69, 9.17) is 24.7 Å². The van der Waals surface area contributed by atoms with Crippen molar-refractivity contribution in [3.8, 4) is 0 Å². The van der Waals surface area contributed by atoms with Crippen LogP contribution in [0.4, 0.5) is 0 Å². The summed E-state index contributed by atoms with van der Waals surface area (Å²) in [6.07, 6.45) is 1.18. The van der Waals surface area contributed by atoms with Crippen molar-refractivity contribution in [3.63, 3.8) is 0 Å². The van der Waals surface area contributed by atoms with Crippen LogP contribution in [0.5, 0.6) is 0 Å². The number of carbonyl (C=O) groups excluding carboxylic acids is 2. The molecule has 0 aromatic carbocycles. The molecule has 3 N–H and O–H groups in total. The van der Waals surface area contributed by atoms with Gasteiger partial charge in [0.2, 0.25) is 0 Å². The quantitative estimate of drug-likeness (QED) is 0.332. The zero-order valence-corrected chi connectivity index (χ0v) is 15.5. The fourth-order valence-corrected chi connectivity index (χ4v) is 2.07. The van der Waals surface area contributed by atoms with Crippen molar-refractivity contribution >= 4 is 17.8 Å². The van der Waals surface area contributed by atoms with Gasteiger partial charge in [0, 0.05) is 14.2 Å². The van der Waals surface area contributed by atoms with E-state index in [1.807, 2.05) is 0 Å². The first-order chi connectivity index (χ1) is 12.5. The molecular weight excluding hydrogens is 348 g/mol. The molecular formula is C16H30N2O8. The lowest BCUT2D eigenvalue weighted by atomic mass is 10.1. The van der Waals surface area contributed by atoms with Crippen molar-refractivity contribution in [3.05, 3.63) is 0 Å². The Morgan fingerprint density at radius 1 is 0.923 bits per heavy atom. The molecule has 0 radical (unpaired) electrons. The normalized spacial score (nSPS) is 12.0. The number of imide groups is 1. The highest BCUT2D eigenvalue weighted by atomic mass is 16.5. The van der Waals surface area contributed by atoms with Gasteiger partial charge < -0.3 is 29.8 Å². The third-order valence-corrected chi connectivity index (χ3v) is 3.38. The topological polar surface area (TPSA) is 138 Å². The van der Waals surface area contributed by atoms with Crippen LogP contribution in [0.15, 0.2) is 0 Å². The van der Waals surface area contributed by atoms with Crippen molar-refractivity contribution in [1.82, 2.24) is 4.90 Å². The number of carboxylic acids is 1. The highest BCUT2D eigenvalue weighted by Gasteiger charge is 2.34. The van der Waals surface area contributed by atoms with Crippen LogP contribution in [-0.2, 0) is 33.3 Å². The van der Waals surface area contributed by atoms with E-state index in [1.165, 1.54) is 14.2 Å². The Hall–Kier alpha value is -1.59. The third kappa shape index (κ3) is 10.4. The van der Waals surface area contributed by atoms with E-state index >= 15 is 0 Å². The Kier molecular flexibility index (Phi) is 14.7. The number of hydrogen-bond acceptors (Lipinski definition) is 8. The van der Waals surface area contributed by atoms with Gasteiger partial charge in [0.25, 0.3) is 11.8 Å². The van der Waals surface area contributed by atoms with E-state index in [2.05, 4.69) is 0 Å². The molecule has 152 valence electrons. The molecule has 0 saturated carbocycles. The monoisotopic (exact) mass is 378 g/mol. The van der Waals surface area contributed by atoms with Gasteiger partial charge in [0.1, 0.15) is 19.3 Å². The first-order valence-electron chi connectivity index (χ1n) is 8.40. The summed E-state index contributed by atoms with van der Waals surface area (Å²) >= 11 is 0. The second-order valence-electron chi connectivity index (χ2n) is 5.39. The molecule has 0 aromatic heterocycles. The largest absolute Gasteiger partial charge is 0.480 e. The maximum absolute atomic E-state index is 12.4. The fourth-order valence-electron chi connectivity index (χ4n) is 2.07. The molecule has 0 aromatic rings. The zero-order chi connectivity index (χ0) is 19.8. The van der Waals surface area contributed by atoms with Crippen molar-refractivity contribution in [2.45, 2.75) is 25.3 Å². The minimum Gasteiger partial charge on any atom is -0.480 e. The van der Waals surface area contributed by atoms with Crippen LogP contribution in [0, 0.1) is 0 Å². The van der Waals surface area contributed by atoms with Gasteiger partial charge in [-0.25, -0.2) is 4.79 Å². The number of nitrogens with two attached hydrogens (primary N) is 1. The van der Waals surface area contributed by atoms with Crippen LogP contribution in [-0.4, -0.2) is 94.2 Å². The van der Waals surface area contributed by atoms with Crippen molar-refractivity contribution in [2.75, 3.05) is 60.4 Å². The van der Waals surface area contributed by atoms with Gasteiger partial charge in [0.15, 0.2) is 0 Å². The predicted molar refractivity (Wildman–Crippen MR) is 91.6 cm³/mol. The smallest absolute Gasteiger partial charge is 0.326 e. The number of hydrogen-bond donors (Lipinski definition) is 2. The number of carbonyl (C=O) groups is 3. The molecule has 10 nitrogen and oxygen atoms in total. The van der Waals surface area contributed by atoms with E-state index in [-0.39, 0.29) is 32.8 Å². The number of unbranched alkanes of at least 4 members (excludes halogenated alkanes) is 1. The van der Waals surface area contributed by atoms with Crippen LogP contribution in [0.25, 0.3) is 0 Å². The number of aliphatic carboxylic acids is 1. The van der Waals surface area contributed by atoms with Crippen molar-refractivity contribution in [2.24, 2.45) is 5.73 Å². The van der Waals surface area contributed by atoms with Gasteiger partial charge in [0.05, 0.1) is 26.4 Å². The average Bonchev–Trinajstić information content (AvgIpc) is 2.61. The number of ether oxygens (including phenoxy) is 4. The number of amides is 2. The Bertz CT molecular complexity index is 395. The lowest BCUT2D eigenvalue weighted by Crippen LogP contribution is -2.51. The Morgan fingerprint density at radius 2 is 1.42 bits per heavy atom. The molecule has 2 amide bonds. The molecule has 0 rings (SSSR count). The van der Waals surface area contributed by atoms with E-state index in [0.717, 1.165) is 0 Å². The Labute approximate surface area is 153 Å². The number of methoxy groups -OCH3 is 2. The van der Waals surface area contributed by atoms with Crippen molar-refractivity contribution in [1.29, 1.82) is 0 Å². The van der Waals surface area contributed by atoms with E-state index in [9.17, 15) is 19.5 Å². The lowest BCUT2D eigenvalue weighted by Gasteiger charge is -2.27. The standard InChI is InChI=1S/C16H30N2O8/c1-23-7-9-25-11-14(19)18(15(20)12-26-10-8-24-2)13(16(21)22)5-3-4-6-17/h13H,3-12,17H2,1-2H3,(H,21,22). The minimum absolute atomic E-state index is 0.111. The molecule has 0 fully saturated rings. The summed E-state index contributed by atoms with van der Waals surface area (Å²) in [5.41, 5.74) is 5.42. The molecule has 0 aliphatic carbocycles. The summed E-state index contributed by atoms with van der Waals surface area (Å²) in [7, 11) is 2.96. The van der Waals surface area contributed by atoms with Crippen LogP contribution in [0.1, 0.15) is 19.3 Å².